The Morgan fingerprint density at radius 1 is 1.48 bits per heavy atom. The largest absolute Gasteiger partial charge is 0.353 e. The third-order valence-electron chi connectivity index (χ3n) is 4.26. The van der Waals surface area contributed by atoms with Crippen LogP contribution >= 0.6 is 0 Å². The van der Waals surface area contributed by atoms with E-state index < -0.39 is 0 Å². The van der Waals surface area contributed by atoms with Gasteiger partial charge in [0.15, 0.2) is 0 Å². The molecule has 5 nitrogen and oxygen atoms in total. The molecule has 1 aliphatic rings. The van der Waals surface area contributed by atoms with Crippen molar-refractivity contribution in [2.45, 2.75) is 39.3 Å². The van der Waals surface area contributed by atoms with Crippen molar-refractivity contribution in [3.8, 4) is 0 Å². The van der Waals surface area contributed by atoms with Crippen LogP contribution in [-0.4, -0.2) is 31.7 Å². The highest BCUT2D eigenvalue weighted by atomic mass is 16.2. The molecule has 0 aliphatic carbocycles. The number of aryl methyl sites for hydroxylation is 3. The van der Waals surface area contributed by atoms with Gasteiger partial charge in [-0.2, -0.15) is 5.10 Å². The van der Waals surface area contributed by atoms with Gasteiger partial charge in [-0.1, -0.05) is 0 Å². The van der Waals surface area contributed by atoms with Gasteiger partial charge in [0, 0.05) is 32.0 Å². The van der Waals surface area contributed by atoms with Crippen molar-refractivity contribution < 1.29 is 4.79 Å². The van der Waals surface area contributed by atoms with E-state index in [0.29, 0.717) is 5.69 Å². The summed E-state index contributed by atoms with van der Waals surface area (Å²) in [5, 5.41) is 4.39. The lowest BCUT2D eigenvalue weighted by atomic mass is 10.1. The van der Waals surface area contributed by atoms with Gasteiger partial charge in [-0.15, -0.1) is 0 Å². The second-order valence-electron chi connectivity index (χ2n) is 5.69. The number of likely N-dealkylation sites (tertiary alicyclic amines) is 1. The number of amides is 1. The van der Waals surface area contributed by atoms with Gasteiger partial charge in [0.25, 0.3) is 5.91 Å². The van der Waals surface area contributed by atoms with Crippen LogP contribution < -0.4 is 0 Å². The predicted octanol–water partition coefficient (Wildman–Crippen LogP) is 2.53. The van der Waals surface area contributed by atoms with E-state index in [0.717, 1.165) is 31.6 Å². The molecule has 1 atom stereocenters. The molecule has 21 heavy (non-hydrogen) atoms. The highest BCUT2D eigenvalue weighted by Gasteiger charge is 2.33. The van der Waals surface area contributed by atoms with Crippen LogP contribution in [0, 0.1) is 6.92 Å². The Bertz CT molecular complexity index is 655. The molecule has 0 unspecified atom stereocenters. The van der Waals surface area contributed by atoms with Crippen LogP contribution in [0.1, 0.15) is 47.7 Å². The molecule has 3 rings (SSSR count). The molecular formula is C16H22N4O. The van der Waals surface area contributed by atoms with E-state index >= 15 is 0 Å². The van der Waals surface area contributed by atoms with Crippen LogP contribution in [0.3, 0.4) is 0 Å². The maximum Gasteiger partial charge on any atom is 0.272 e. The number of carbonyl (C=O) groups excluding carboxylic acids is 1. The Labute approximate surface area is 125 Å². The van der Waals surface area contributed by atoms with Crippen molar-refractivity contribution in [1.82, 2.24) is 19.2 Å². The number of rotatable bonds is 3. The zero-order valence-corrected chi connectivity index (χ0v) is 12.9. The predicted molar refractivity (Wildman–Crippen MR) is 81.1 cm³/mol. The molecule has 3 heterocycles. The van der Waals surface area contributed by atoms with Gasteiger partial charge in [0.1, 0.15) is 5.69 Å². The van der Waals surface area contributed by atoms with Crippen LogP contribution in [0.5, 0.6) is 0 Å². The maximum absolute atomic E-state index is 12.9. The van der Waals surface area contributed by atoms with Crippen LogP contribution in [0.4, 0.5) is 0 Å². The normalized spacial score (nSPS) is 18.4. The molecule has 1 saturated heterocycles. The summed E-state index contributed by atoms with van der Waals surface area (Å²) in [6.07, 6.45) is 4.13. The Hall–Kier alpha value is -2.04. The van der Waals surface area contributed by atoms with E-state index in [4.69, 9.17) is 0 Å². The van der Waals surface area contributed by atoms with Crippen molar-refractivity contribution in [3.63, 3.8) is 0 Å². The summed E-state index contributed by atoms with van der Waals surface area (Å²) in [7, 11) is 2.04. The maximum atomic E-state index is 12.9. The highest BCUT2D eigenvalue weighted by molar-refractivity contribution is 5.93. The van der Waals surface area contributed by atoms with Crippen LogP contribution in [0.2, 0.25) is 0 Å². The molecule has 112 valence electrons. The third-order valence-corrected chi connectivity index (χ3v) is 4.26. The van der Waals surface area contributed by atoms with Gasteiger partial charge in [0.05, 0.1) is 11.7 Å². The van der Waals surface area contributed by atoms with E-state index in [1.165, 1.54) is 5.69 Å². The van der Waals surface area contributed by atoms with Gasteiger partial charge in [-0.3, -0.25) is 9.48 Å². The van der Waals surface area contributed by atoms with Crippen molar-refractivity contribution >= 4 is 5.91 Å². The van der Waals surface area contributed by atoms with E-state index in [1.807, 2.05) is 44.1 Å². The fraction of sp³-hybridized carbons (Fsp3) is 0.500. The zero-order chi connectivity index (χ0) is 15.0. The first-order chi connectivity index (χ1) is 10.1. The van der Waals surface area contributed by atoms with Crippen LogP contribution in [-0.2, 0) is 13.6 Å². The Morgan fingerprint density at radius 2 is 2.29 bits per heavy atom. The van der Waals surface area contributed by atoms with Crippen molar-refractivity contribution in [2.24, 2.45) is 7.05 Å². The lowest BCUT2D eigenvalue weighted by molar-refractivity contribution is 0.0718. The molecule has 1 fully saturated rings. The van der Waals surface area contributed by atoms with Crippen molar-refractivity contribution in [3.05, 3.63) is 41.5 Å². The molecular weight excluding hydrogens is 264 g/mol. The fourth-order valence-corrected chi connectivity index (χ4v) is 3.24. The lowest BCUT2D eigenvalue weighted by Gasteiger charge is -2.25. The molecule has 1 aliphatic heterocycles. The molecule has 0 N–H and O–H groups in total. The first-order valence-electron chi connectivity index (χ1n) is 7.58. The van der Waals surface area contributed by atoms with Gasteiger partial charge in [-0.05, 0) is 44.9 Å². The van der Waals surface area contributed by atoms with Crippen molar-refractivity contribution in [1.29, 1.82) is 0 Å². The minimum atomic E-state index is 0.0983. The number of aromatic nitrogens is 3. The molecule has 5 heteroatoms. The third kappa shape index (κ3) is 2.37. The summed E-state index contributed by atoms with van der Waals surface area (Å²) < 4.78 is 3.91. The molecule has 0 radical (unpaired) electrons. The van der Waals surface area contributed by atoms with Gasteiger partial charge in [-0.25, -0.2) is 0 Å². The molecule has 0 bridgehead atoms. The summed E-state index contributed by atoms with van der Waals surface area (Å²) in [5.41, 5.74) is 2.81. The zero-order valence-electron chi connectivity index (χ0n) is 12.9. The Kier molecular flexibility index (Phi) is 3.57. The van der Waals surface area contributed by atoms with E-state index in [1.54, 1.807) is 4.68 Å². The molecule has 0 spiro atoms. The Balaban J connectivity index is 1.91. The fourth-order valence-electron chi connectivity index (χ4n) is 3.24. The molecule has 1 amide bonds. The van der Waals surface area contributed by atoms with E-state index in [9.17, 15) is 4.79 Å². The molecule has 2 aromatic heterocycles. The second kappa shape index (κ2) is 5.39. The van der Waals surface area contributed by atoms with Gasteiger partial charge < -0.3 is 9.47 Å². The summed E-state index contributed by atoms with van der Waals surface area (Å²) >= 11 is 0. The molecule has 2 aromatic rings. The summed E-state index contributed by atoms with van der Waals surface area (Å²) in [5.74, 6) is 0.0983. The monoisotopic (exact) mass is 286 g/mol. The average molecular weight is 286 g/mol. The topological polar surface area (TPSA) is 43.1 Å². The quantitative estimate of drug-likeness (QED) is 0.870. The number of nitrogens with zero attached hydrogens (tertiary/aromatic N) is 4. The number of hydrogen-bond donors (Lipinski definition) is 0. The summed E-state index contributed by atoms with van der Waals surface area (Å²) in [6.45, 7) is 5.49. The molecule has 0 aromatic carbocycles. The smallest absolute Gasteiger partial charge is 0.272 e. The lowest BCUT2D eigenvalue weighted by Crippen LogP contribution is -2.33. The van der Waals surface area contributed by atoms with E-state index in [-0.39, 0.29) is 11.9 Å². The summed E-state index contributed by atoms with van der Waals surface area (Å²) in [4.78, 5) is 14.9. The Morgan fingerprint density at radius 3 is 2.95 bits per heavy atom. The number of carbonyl (C=O) groups is 1. The minimum Gasteiger partial charge on any atom is -0.353 e. The minimum absolute atomic E-state index is 0.0983. The number of hydrogen-bond acceptors (Lipinski definition) is 2. The average Bonchev–Trinajstić information content (AvgIpc) is 3.16. The van der Waals surface area contributed by atoms with Gasteiger partial charge >= 0.3 is 0 Å². The SMILES string of the molecule is CCn1nc(C)cc1C(=O)N1CCC[C@H]1c1cccn1C. The van der Waals surface area contributed by atoms with Crippen molar-refractivity contribution in [2.75, 3.05) is 6.54 Å². The summed E-state index contributed by atoms with van der Waals surface area (Å²) in [6, 6.07) is 6.22. The first kappa shape index (κ1) is 13.9. The first-order valence-corrected chi connectivity index (χ1v) is 7.58. The highest BCUT2D eigenvalue weighted by Crippen LogP contribution is 2.33. The second-order valence-corrected chi connectivity index (χ2v) is 5.69. The van der Waals surface area contributed by atoms with Crippen LogP contribution in [0.25, 0.3) is 0 Å². The van der Waals surface area contributed by atoms with E-state index in [2.05, 4.69) is 15.7 Å². The van der Waals surface area contributed by atoms with Crippen LogP contribution in [0.15, 0.2) is 24.4 Å². The van der Waals surface area contributed by atoms with Gasteiger partial charge in [0.2, 0.25) is 0 Å². The standard InChI is InChI=1S/C16H22N4O/c1-4-20-15(11-12(2)17-20)16(21)19-10-6-8-14(19)13-7-5-9-18(13)3/h5,7,9,11,14H,4,6,8,10H2,1-3H3/t14-/m0/s1. The molecule has 0 saturated carbocycles.